The highest BCUT2D eigenvalue weighted by atomic mass is 32.2. The normalized spacial score (nSPS) is 26.9. The molecule has 0 amide bonds. The van der Waals surface area contributed by atoms with Gasteiger partial charge in [0.05, 0.1) is 6.10 Å². The van der Waals surface area contributed by atoms with Crippen molar-refractivity contribution < 1.29 is 13.5 Å². The average molecular weight is 289 g/mol. The molecule has 1 aromatic heterocycles. The second-order valence-electron chi connectivity index (χ2n) is 5.32. The maximum absolute atomic E-state index is 12.2. The molecule has 0 aromatic carbocycles. The van der Waals surface area contributed by atoms with E-state index in [-0.39, 0.29) is 6.04 Å². The minimum atomic E-state index is -3.45. The summed E-state index contributed by atoms with van der Waals surface area (Å²) in [5.74, 6) is 0. The van der Waals surface area contributed by atoms with Gasteiger partial charge in [0.15, 0.2) is 0 Å². The van der Waals surface area contributed by atoms with Crippen molar-refractivity contribution in [1.82, 2.24) is 4.72 Å². The molecule has 1 fully saturated rings. The molecule has 1 aliphatic carbocycles. The lowest BCUT2D eigenvalue weighted by molar-refractivity contribution is -0.0645. The van der Waals surface area contributed by atoms with Crippen LogP contribution in [0.15, 0.2) is 16.3 Å². The fraction of sp³-hybridized carbons (Fsp3) is 0.667. The lowest BCUT2D eigenvalue weighted by Crippen LogP contribution is -2.60. The molecular weight excluding hydrogens is 270 g/mol. The van der Waals surface area contributed by atoms with E-state index in [1.54, 1.807) is 6.07 Å². The highest BCUT2D eigenvalue weighted by Gasteiger charge is 2.49. The van der Waals surface area contributed by atoms with Crippen LogP contribution in [-0.4, -0.2) is 25.7 Å². The Morgan fingerprint density at radius 3 is 2.61 bits per heavy atom. The smallest absolute Gasteiger partial charge is 0.250 e. The van der Waals surface area contributed by atoms with Crippen LogP contribution in [-0.2, 0) is 16.4 Å². The zero-order valence-electron chi connectivity index (χ0n) is 10.8. The molecule has 2 rings (SSSR count). The van der Waals surface area contributed by atoms with Gasteiger partial charge >= 0.3 is 0 Å². The molecule has 1 aromatic rings. The van der Waals surface area contributed by atoms with Gasteiger partial charge in [-0.05, 0) is 25.0 Å². The Morgan fingerprint density at radius 1 is 1.50 bits per heavy atom. The molecule has 1 aliphatic rings. The molecule has 0 radical (unpaired) electrons. The van der Waals surface area contributed by atoms with E-state index in [0.29, 0.717) is 10.6 Å². The number of aliphatic hydroxyl groups is 1. The van der Waals surface area contributed by atoms with Crippen molar-refractivity contribution in [3.8, 4) is 0 Å². The molecule has 0 aliphatic heterocycles. The van der Waals surface area contributed by atoms with E-state index in [2.05, 4.69) is 4.72 Å². The number of sulfonamides is 1. The first-order valence-electron chi connectivity index (χ1n) is 6.06. The third-order valence-electron chi connectivity index (χ3n) is 3.76. The van der Waals surface area contributed by atoms with Crippen molar-refractivity contribution in [2.45, 2.75) is 50.0 Å². The van der Waals surface area contributed by atoms with Crippen LogP contribution in [0.1, 0.15) is 32.1 Å². The molecular formula is C12H19NO3S2. The SMILES string of the molecule is CCc1ccc(S(=O)(=O)NC2CC(O)C2(C)C)s1. The minimum absolute atomic E-state index is 0.190. The summed E-state index contributed by atoms with van der Waals surface area (Å²) in [5, 5.41) is 9.62. The predicted octanol–water partition coefficient (Wildman–Crippen LogP) is 1.75. The predicted molar refractivity (Wildman–Crippen MR) is 72.2 cm³/mol. The molecule has 6 heteroatoms. The van der Waals surface area contributed by atoms with E-state index in [0.717, 1.165) is 11.3 Å². The number of hydrogen-bond acceptors (Lipinski definition) is 4. The Hall–Kier alpha value is -0.430. The van der Waals surface area contributed by atoms with Crippen molar-refractivity contribution in [1.29, 1.82) is 0 Å². The number of rotatable bonds is 4. The zero-order valence-corrected chi connectivity index (χ0v) is 12.4. The van der Waals surface area contributed by atoms with E-state index in [9.17, 15) is 13.5 Å². The van der Waals surface area contributed by atoms with Gasteiger partial charge in [-0.3, -0.25) is 0 Å². The van der Waals surface area contributed by atoms with Crippen molar-refractivity contribution in [2.75, 3.05) is 0 Å². The molecule has 0 bridgehead atoms. The minimum Gasteiger partial charge on any atom is -0.392 e. The van der Waals surface area contributed by atoms with Crippen molar-refractivity contribution in [2.24, 2.45) is 5.41 Å². The highest BCUT2D eigenvalue weighted by molar-refractivity contribution is 7.91. The molecule has 0 saturated heterocycles. The molecule has 1 heterocycles. The molecule has 0 spiro atoms. The maximum atomic E-state index is 12.2. The van der Waals surface area contributed by atoms with Gasteiger partial charge in [0.2, 0.25) is 10.0 Å². The lowest BCUT2D eigenvalue weighted by atomic mass is 9.65. The van der Waals surface area contributed by atoms with Crippen LogP contribution in [0.3, 0.4) is 0 Å². The van der Waals surface area contributed by atoms with Gasteiger partial charge in [0.25, 0.3) is 0 Å². The van der Waals surface area contributed by atoms with Crippen molar-refractivity contribution in [3.63, 3.8) is 0 Å². The van der Waals surface area contributed by atoms with Crippen LogP contribution in [0.4, 0.5) is 0 Å². The maximum Gasteiger partial charge on any atom is 0.250 e. The summed E-state index contributed by atoms with van der Waals surface area (Å²) in [5.41, 5.74) is -0.391. The second kappa shape index (κ2) is 4.59. The summed E-state index contributed by atoms with van der Waals surface area (Å²) in [6.45, 7) is 5.75. The fourth-order valence-electron chi connectivity index (χ4n) is 2.04. The van der Waals surface area contributed by atoms with Crippen LogP contribution in [0.25, 0.3) is 0 Å². The van der Waals surface area contributed by atoms with E-state index >= 15 is 0 Å². The summed E-state index contributed by atoms with van der Waals surface area (Å²) in [4.78, 5) is 1.06. The Labute approximate surface area is 112 Å². The molecule has 2 unspecified atom stereocenters. The molecule has 2 N–H and O–H groups in total. The second-order valence-corrected chi connectivity index (χ2v) is 8.43. The van der Waals surface area contributed by atoms with Gasteiger partial charge in [0, 0.05) is 16.3 Å². The first-order valence-corrected chi connectivity index (χ1v) is 8.36. The van der Waals surface area contributed by atoms with Gasteiger partial charge in [-0.1, -0.05) is 20.8 Å². The first-order chi connectivity index (χ1) is 8.27. The third kappa shape index (κ3) is 2.34. The van der Waals surface area contributed by atoms with Gasteiger partial charge in [-0.2, -0.15) is 0 Å². The van der Waals surface area contributed by atoms with Gasteiger partial charge in [-0.15, -0.1) is 11.3 Å². The summed E-state index contributed by atoms with van der Waals surface area (Å²) in [7, 11) is -3.45. The van der Waals surface area contributed by atoms with E-state index < -0.39 is 21.5 Å². The van der Waals surface area contributed by atoms with Crippen LogP contribution in [0.2, 0.25) is 0 Å². The van der Waals surface area contributed by atoms with Crippen LogP contribution in [0.5, 0.6) is 0 Å². The summed E-state index contributed by atoms with van der Waals surface area (Å²) >= 11 is 1.30. The molecule has 1 saturated carbocycles. The first kappa shape index (κ1) is 14.0. The summed E-state index contributed by atoms with van der Waals surface area (Å²) in [6, 6.07) is 3.30. The molecule has 18 heavy (non-hydrogen) atoms. The van der Waals surface area contributed by atoms with Crippen LogP contribution < -0.4 is 4.72 Å². The van der Waals surface area contributed by atoms with Gasteiger partial charge in [0.1, 0.15) is 4.21 Å². The summed E-state index contributed by atoms with van der Waals surface area (Å²) < 4.78 is 27.4. The Balaban J connectivity index is 2.13. The Morgan fingerprint density at radius 2 is 2.17 bits per heavy atom. The third-order valence-corrected chi connectivity index (χ3v) is 6.96. The largest absolute Gasteiger partial charge is 0.392 e. The van der Waals surface area contributed by atoms with Gasteiger partial charge < -0.3 is 5.11 Å². The Kier molecular flexibility index (Phi) is 3.57. The Bertz CT molecular complexity index is 533. The van der Waals surface area contributed by atoms with E-state index in [1.165, 1.54) is 11.3 Å². The number of nitrogens with one attached hydrogen (secondary N) is 1. The molecule has 102 valence electrons. The van der Waals surface area contributed by atoms with Crippen LogP contribution >= 0.6 is 11.3 Å². The zero-order chi connectivity index (χ0) is 13.6. The van der Waals surface area contributed by atoms with Gasteiger partial charge in [-0.25, -0.2) is 13.1 Å². The van der Waals surface area contributed by atoms with Crippen LogP contribution in [0, 0.1) is 5.41 Å². The standard InChI is InChI=1S/C12H19NO3S2/c1-4-8-5-6-11(17-8)18(15,16)13-9-7-10(14)12(9,2)3/h5-6,9-10,13-14H,4,7H2,1-3H3. The number of aryl methyl sites for hydroxylation is 1. The van der Waals surface area contributed by atoms with E-state index in [1.807, 2.05) is 26.8 Å². The lowest BCUT2D eigenvalue weighted by Gasteiger charge is -2.49. The monoisotopic (exact) mass is 289 g/mol. The molecule has 4 nitrogen and oxygen atoms in total. The highest BCUT2D eigenvalue weighted by Crippen LogP contribution is 2.41. The van der Waals surface area contributed by atoms with Crippen molar-refractivity contribution >= 4 is 21.4 Å². The fourth-order valence-corrected chi connectivity index (χ4v) is 4.76. The number of thiophene rings is 1. The average Bonchev–Trinajstić information content (AvgIpc) is 2.77. The number of aliphatic hydroxyl groups excluding tert-OH is 1. The quantitative estimate of drug-likeness (QED) is 0.887. The van der Waals surface area contributed by atoms with Crippen molar-refractivity contribution in [3.05, 3.63) is 17.0 Å². The van der Waals surface area contributed by atoms with E-state index in [4.69, 9.17) is 0 Å². The number of hydrogen-bond donors (Lipinski definition) is 2. The topological polar surface area (TPSA) is 66.4 Å². The molecule has 2 atom stereocenters. The summed E-state index contributed by atoms with van der Waals surface area (Å²) in [6.07, 6.45) is 0.895.